The Hall–Kier alpha value is -2.40. The van der Waals surface area contributed by atoms with Crippen LogP contribution in [0.1, 0.15) is 15.9 Å². The lowest BCUT2D eigenvalue weighted by atomic mass is 10.0. The molecule has 0 spiro atoms. The minimum absolute atomic E-state index is 0.0450. The number of nitrogens with one attached hydrogen (secondary N) is 1. The van der Waals surface area contributed by atoms with Crippen molar-refractivity contribution in [2.24, 2.45) is 0 Å². The largest absolute Gasteiger partial charge is 0.478 e. The summed E-state index contributed by atoms with van der Waals surface area (Å²) >= 11 is 5.79. The molecular weight excluding hydrogens is 280 g/mol. The molecule has 0 aliphatic heterocycles. The molecule has 0 unspecified atom stereocenters. The van der Waals surface area contributed by atoms with E-state index in [9.17, 15) is 9.59 Å². The van der Waals surface area contributed by atoms with Gasteiger partial charge in [0.15, 0.2) is 0 Å². The van der Waals surface area contributed by atoms with Gasteiger partial charge in [-0.1, -0.05) is 29.8 Å². The van der Waals surface area contributed by atoms with Crippen LogP contribution in [0.2, 0.25) is 5.02 Å². The van der Waals surface area contributed by atoms with E-state index in [1.165, 1.54) is 18.3 Å². The zero-order chi connectivity index (χ0) is 14.5. The highest BCUT2D eigenvalue weighted by molar-refractivity contribution is 6.30. The normalized spacial score (nSPS) is 10.1. The van der Waals surface area contributed by atoms with Crippen molar-refractivity contribution in [3.05, 3.63) is 58.7 Å². The van der Waals surface area contributed by atoms with Crippen molar-refractivity contribution in [3.63, 3.8) is 0 Å². The van der Waals surface area contributed by atoms with Gasteiger partial charge in [0.25, 0.3) is 0 Å². The molecule has 0 aliphatic rings. The third kappa shape index (κ3) is 3.55. The number of aromatic nitrogens is 1. The number of pyridine rings is 1. The van der Waals surface area contributed by atoms with E-state index in [4.69, 9.17) is 16.7 Å². The molecule has 5 nitrogen and oxygen atoms in total. The number of hydrogen-bond acceptors (Lipinski definition) is 3. The Morgan fingerprint density at radius 1 is 1.25 bits per heavy atom. The molecule has 20 heavy (non-hydrogen) atoms. The maximum absolute atomic E-state index is 11.9. The van der Waals surface area contributed by atoms with Gasteiger partial charge in [0.1, 0.15) is 5.82 Å². The van der Waals surface area contributed by atoms with Crippen LogP contribution in [-0.4, -0.2) is 22.0 Å². The number of anilines is 1. The number of carbonyl (C=O) groups is 2. The summed E-state index contributed by atoms with van der Waals surface area (Å²) in [7, 11) is 0. The van der Waals surface area contributed by atoms with Crippen molar-refractivity contribution >= 4 is 29.3 Å². The summed E-state index contributed by atoms with van der Waals surface area (Å²) in [6, 6.07) is 9.48. The number of halogens is 1. The Balaban J connectivity index is 2.11. The summed E-state index contributed by atoms with van der Waals surface area (Å²) in [6.07, 6.45) is 1.43. The second kappa shape index (κ2) is 6.16. The van der Waals surface area contributed by atoms with E-state index >= 15 is 0 Å². The first-order valence-electron chi connectivity index (χ1n) is 5.79. The smallest absolute Gasteiger partial charge is 0.335 e. The first kappa shape index (κ1) is 14.0. The van der Waals surface area contributed by atoms with Crippen LogP contribution >= 0.6 is 11.6 Å². The Morgan fingerprint density at radius 3 is 2.70 bits per heavy atom. The molecule has 0 radical (unpaired) electrons. The summed E-state index contributed by atoms with van der Waals surface area (Å²) in [5.41, 5.74) is 0.557. The van der Waals surface area contributed by atoms with Crippen LogP contribution in [0.4, 0.5) is 5.82 Å². The van der Waals surface area contributed by atoms with Crippen LogP contribution in [0.3, 0.4) is 0 Å². The maximum atomic E-state index is 11.9. The van der Waals surface area contributed by atoms with E-state index in [1.54, 1.807) is 24.3 Å². The van der Waals surface area contributed by atoms with Crippen molar-refractivity contribution in [1.82, 2.24) is 4.98 Å². The number of hydrogen-bond donors (Lipinski definition) is 2. The Kier molecular flexibility index (Phi) is 4.32. The molecule has 0 aliphatic carbocycles. The molecule has 1 heterocycles. The standard InChI is InChI=1S/C14H11ClN2O3/c15-10-5-6-16-12(8-10)17-13(18)7-9-3-1-2-4-11(9)14(19)20/h1-6,8H,7H2,(H,19,20)(H,16,17,18). The quantitative estimate of drug-likeness (QED) is 0.907. The van der Waals surface area contributed by atoms with Gasteiger partial charge in [-0.2, -0.15) is 0 Å². The Labute approximate surface area is 120 Å². The van der Waals surface area contributed by atoms with Crippen molar-refractivity contribution in [3.8, 4) is 0 Å². The van der Waals surface area contributed by atoms with Gasteiger partial charge in [0.2, 0.25) is 5.91 Å². The number of benzene rings is 1. The van der Waals surface area contributed by atoms with Crippen LogP contribution in [-0.2, 0) is 11.2 Å². The number of carboxylic acids is 1. The second-order valence-electron chi connectivity index (χ2n) is 4.05. The van der Waals surface area contributed by atoms with Crippen molar-refractivity contribution in [1.29, 1.82) is 0 Å². The highest BCUT2D eigenvalue weighted by atomic mass is 35.5. The lowest BCUT2D eigenvalue weighted by molar-refractivity contribution is -0.115. The number of amides is 1. The Morgan fingerprint density at radius 2 is 2.00 bits per heavy atom. The summed E-state index contributed by atoms with van der Waals surface area (Å²) in [4.78, 5) is 26.9. The fourth-order valence-electron chi connectivity index (χ4n) is 1.72. The first-order valence-corrected chi connectivity index (χ1v) is 6.16. The van der Waals surface area contributed by atoms with Crippen molar-refractivity contribution in [2.45, 2.75) is 6.42 Å². The van der Waals surface area contributed by atoms with Gasteiger partial charge in [0.05, 0.1) is 12.0 Å². The van der Waals surface area contributed by atoms with Gasteiger partial charge in [-0.3, -0.25) is 4.79 Å². The molecule has 1 aromatic heterocycles. The highest BCUT2D eigenvalue weighted by Crippen LogP contribution is 2.13. The van der Waals surface area contributed by atoms with E-state index in [2.05, 4.69) is 10.3 Å². The molecule has 0 atom stereocenters. The van der Waals surface area contributed by atoms with Gasteiger partial charge in [-0.05, 0) is 23.8 Å². The molecule has 1 amide bonds. The number of nitrogens with zero attached hydrogens (tertiary/aromatic N) is 1. The van der Waals surface area contributed by atoms with E-state index < -0.39 is 5.97 Å². The summed E-state index contributed by atoms with van der Waals surface area (Å²) in [5, 5.41) is 12.1. The topological polar surface area (TPSA) is 79.3 Å². The minimum atomic E-state index is -1.06. The predicted octanol–water partition coefficient (Wildman–Crippen LogP) is 2.61. The maximum Gasteiger partial charge on any atom is 0.335 e. The zero-order valence-corrected chi connectivity index (χ0v) is 11.1. The average Bonchev–Trinajstić information content (AvgIpc) is 2.38. The summed E-state index contributed by atoms with van der Waals surface area (Å²) in [5.74, 6) is -1.09. The molecular formula is C14H11ClN2O3. The fourth-order valence-corrected chi connectivity index (χ4v) is 1.88. The summed E-state index contributed by atoms with van der Waals surface area (Å²) < 4.78 is 0. The number of carboxylic acid groups (broad SMARTS) is 1. The van der Waals surface area contributed by atoms with Crippen LogP contribution in [0.15, 0.2) is 42.6 Å². The average molecular weight is 291 g/mol. The SMILES string of the molecule is O=C(Cc1ccccc1C(=O)O)Nc1cc(Cl)ccn1. The van der Waals surface area contributed by atoms with Gasteiger partial charge in [-0.15, -0.1) is 0 Å². The van der Waals surface area contributed by atoms with Gasteiger partial charge >= 0.3 is 5.97 Å². The third-order valence-corrected chi connectivity index (χ3v) is 2.82. The first-order chi connectivity index (χ1) is 9.56. The van der Waals surface area contributed by atoms with Crippen molar-refractivity contribution in [2.75, 3.05) is 5.32 Å². The molecule has 2 rings (SSSR count). The number of aromatic carboxylic acids is 1. The van der Waals surface area contributed by atoms with E-state index in [1.807, 2.05) is 0 Å². The van der Waals surface area contributed by atoms with Crippen LogP contribution < -0.4 is 5.32 Å². The molecule has 0 saturated carbocycles. The zero-order valence-electron chi connectivity index (χ0n) is 10.3. The number of rotatable bonds is 4. The van der Waals surface area contributed by atoms with Gasteiger partial charge in [0, 0.05) is 11.2 Å². The second-order valence-corrected chi connectivity index (χ2v) is 4.48. The number of carbonyl (C=O) groups excluding carboxylic acids is 1. The molecule has 0 fully saturated rings. The highest BCUT2D eigenvalue weighted by Gasteiger charge is 2.12. The molecule has 2 N–H and O–H groups in total. The predicted molar refractivity (Wildman–Crippen MR) is 75.0 cm³/mol. The van der Waals surface area contributed by atoms with E-state index in [-0.39, 0.29) is 17.9 Å². The molecule has 0 saturated heterocycles. The molecule has 6 heteroatoms. The molecule has 1 aromatic carbocycles. The van der Waals surface area contributed by atoms with Crippen molar-refractivity contribution < 1.29 is 14.7 Å². The monoisotopic (exact) mass is 290 g/mol. The van der Waals surface area contributed by atoms with Crippen LogP contribution in [0.5, 0.6) is 0 Å². The van der Waals surface area contributed by atoms with E-state index in [0.29, 0.717) is 16.4 Å². The van der Waals surface area contributed by atoms with Crippen LogP contribution in [0, 0.1) is 0 Å². The summed E-state index contributed by atoms with van der Waals surface area (Å²) in [6.45, 7) is 0. The fraction of sp³-hybridized carbons (Fsp3) is 0.0714. The molecule has 102 valence electrons. The molecule has 2 aromatic rings. The lowest BCUT2D eigenvalue weighted by Crippen LogP contribution is -2.17. The lowest BCUT2D eigenvalue weighted by Gasteiger charge is -2.07. The van der Waals surface area contributed by atoms with Gasteiger partial charge < -0.3 is 10.4 Å². The van der Waals surface area contributed by atoms with E-state index in [0.717, 1.165) is 0 Å². The van der Waals surface area contributed by atoms with Gasteiger partial charge in [-0.25, -0.2) is 9.78 Å². The third-order valence-electron chi connectivity index (χ3n) is 2.59. The molecule has 0 bridgehead atoms. The minimum Gasteiger partial charge on any atom is -0.478 e. The Bertz CT molecular complexity index is 658. The van der Waals surface area contributed by atoms with Crippen LogP contribution in [0.25, 0.3) is 0 Å².